The Morgan fingerprint density at radius 3 is 2.67 bits per heavy atom. The Balaban J connectivity index is 2.60. The van der Waals surface area contributed by atoms with Gasteiger partial charge in [0.15, 0.2) is 6.29 Å². The first kappa shape index (κ1) is 11.8. The highest BCUT2D eigenvalue weighted by Crippen LogP contribution is 2.28. The summed E-state index contributed by atoms with van der Waals surface area (Å²) in [6, 6.07) is 10.4. The molecule has 0 atom stereocenters. The standard InChI is InChI=1S/C14H8FNO2/c15-14-10(7-16)2-1-3-12(14)9-4-5-11(8-17)13(18)6-9/h1-6,8,18H. The Hall–Kier alpha value is -2.67. The van der Waals surface area contributed by atoms with E-state index in [2.05, 4.69) is 0 Å². The van der Waals surface area contributed by atoms with Crippen LogP contribution >= 0.6 is 0 Å². The molecule has 0 heterocycles. The van der Waals surface area contributed by atoms with Crippen molar-refractivity contribution in [3.63, 3.8) is 0 Å². The van der Waals surface area contributed by atoms with Gasteiger partial charge in [-0.2, -0.15) is 5.26 Å². The summed E-state index contributed by atoms with van der Waals surface area (Å²) in [5.41, 5.74) is 0.691. The van der Waals surface area contributed by atoms with Crippen molar-refractivity contribution in [2.75, 3.05) is 0 Å². The highest BCUT2D eigenvalue weighted by Gasteiger charge is 2.11. The lowest BCUT2D eigenvalue weighted by molar-refractivity contribution is 0.112. The van der Waals surface area contributed by atoms with E-state index >= 15 is 0 Å². The molecule has 0 aliphatic heterocycles. The second kappa shape index (κ2) is 4.68. The van der Waals surface area contributed by atoms with Crippen molar-refractivity contribution in [1.29, 1.82) is 5.26 Å². The van der Waals surface area contributed by atoms with Gasteiger partial charge < -0.3 is 5.11 Å². The summed E-state index contributed by atoms with van der Waals surface area (Å²) >= 11 is 0. The van der Waals surface area contributed by atoms with Gasteiger partial charge in [-0.1, -0.05) is 18.2 Å². The molecule has 0 aliphatic rings. The lowest BCUT2D eigenvalue weighted by Crippen LogP contribution is -1.90. The molecular formula is C14H8FNO2. The number of aromatic hydroxyl groups is 1. The third-order valence-corrected chi connectivity index (χ3v) is 2.59. The molecule has 0 amide bonds. The summed E-state index contributed by atoms with van der Waals surface area (Å²) in [6.45, 7) is 0. The first-order chi connectivity index (χ1) is 8.67. The molecule has 2 rings (SSSR count). The van der Waals surface area contributed by atoms with Crippen molar-refractivity contribution in [2.45, 2.75) is 0 Å². The largest absolute Gasteiger partial charge is 0.507 e. The fraction of sp³-hybridized carbons (Fsp3) is 0. The van der Waals surface area contributed by atoms with Gasteiger partial charge in [0.2, 0.25) is 0 Å². The number of hydrogen-bond donors (Lipinski definition) is 1. The van der Waals surface area contributed by atoms with Crippen LogP contribution in [0.25, 0.3) is 11.1 Å². The molecule has 0 radical (unpaired) electrons. The smallest absolute Gasteiger partial charge is 0.153 e. The highest BCUT2D eigenvalue weighted by atomic mass is 19.1. The van der Waals surface area contributed by atoms with Crippen molar-refractivity contribution in [3.8, 4) is 22.9 Å². The van der Waals surface area contributed by atoms with E-state index in [9.17, 15) is 14.3 Å². The van der Waals surface area contributed by atoms with Crippen LogP contribution in [0.4, 0.5) is 4.39 Å². The number of rotatable bonds is 2. The van der Waals surface area contributed by atoms with E-state index in [-0.39, 0.29) is 22.4 Å². The summed E-state index contributed by atoms with van der Waals surface area (Å²) in [5, 5.41) is 18.3. The lowest BCUT2D eigenvalue weighted by atomic mass is 10.0. The summed E-state index contributed by atoms with van der Waals surface area (Å²) in [6.07, 6.45) is 0.515. The topological polar surface area (TPSA) is 61.1 Å². The van der Waals surface area contributed by atoms with Crippen LogP contribution in [-0.2, 0) is 0 Å². The summed E-state index contributed by atoms with van der Waals surface area (Å²) in [4.78, 5) is 10.6. The molecule has 0 saturated heterocycles. The molecule has 0 spiro atoms. The summed E-state index contributed by atoms with van der Waals surface area (Å²) in [7, 11) is 0. The number of hydrogen-bond acceptors (Lipinski definition) is 3. The molecule has 88 valence electrons. The van der Waals surface area contributed by atoms with Crippen LogP contribution in [0, 0.1) is 17.1 Å². The van der Waals surface area contributed by atoms with Crippen LogP contribution in [0.1, 0.15) is 15.9 Å². The number of carbonyl (C=O) groups excluding carboxylic acids is 1. The molecule has 1 N–H and O–H groups in total. The number of halogens is 1. The number of phenols is 1. The van der Waals surface area contributed by atoms with Gasteiger partial charge in [-0.05, 0) is 23.8 Å². The zero-order valence-electron chi connectivity index (χ0n) is 9.22. The second-order valence-corrected chi connectivity index (χ2v) is 3.67. The molecule has 0 unspecified atom stereocenters. The number of phenolic OH excluding ortho intramolecular Hbond substituents is 1. The first-order valence-electron chi connectivity index (χ1n) is 5.14. The second-order valence-electron chi connectivity index (χ2n) is 3.67. The van der Waals surface area contributed by atoms with Gasteiger partial charge in [-0.25, -0.2) is 4.39 Å². The number of aldehydes is 1. The monoisotopic (exact) mass is 241 g/mol. The van der Waals surface area contributed by atoms with Crippen LogP contribution in [0.15, 0.2) is 36.4 Å². The number of nitrogens with zero attached hydrogens (tertiary/aromatic N) is 1. The molecule has 3 nitrogen and oxygen atoms in total. The Kier molecular flexibility index (Phi) is 3.07. The zero-order valence-corrected chi connectivity index (χ0v) is 9.22. The molecule has 2 aromatic carbocycles. The molecule has 18 heavy (non-hydrogen) atoms. The van der Waals surface area contributed by atoms with Crippen molar-refractivity contribution < 1.29 is 14.3 Å². The molecule has 0 bridgehead atoms. The third-order valence-electron chi connectivity index (χ3n) is 2.59. The average molecular weight is 241 g/mol. The number of carbonyl (C=O) groups is 1. The van der Waals surface area contributed by atoms with Crippen molar-refractivity contribution in [2.24, 2.45) is 0 Å². The maximum absolute atomic E-state index is 13.9. The molecule has 0 aliphatic carbocycles. The maximum atomic E-state index is 13.9. The number of benzene rings is 2. The van der Waals surface area contributed by atoms with Gasteiger partial charge in [0.25, 0.3) is 0 Å². The van der Waals surface area contributed by atoms with Gasteiger partial charge in [0.1, 0.15) is 17.6 Å². The van der Waals surface area contributed by atoms with Crippen molar-refractivity contribution in [3.05, 3.63) is 53.3 Å². The van der Waals surface area contributed by atoms with Gasteiger partial charge in [0, 0.05) is 5.56 Å². The van der Waals surface area contributed by atoms with Crippen LogP contribution in [0.2, 0.25) is 0 Å². The van der Waals surface area contributed by atoms with Gasteiger partial charge >= 0.3 is 0 Å². The van der Waals surface area contributed by atoms with Gasteiger partial charge in [-0.3, -0.25) is 4.79 Å². The van der Waals surface area contributed by atoms with E-state index in [1.165, 1.54) is 30.3 Å². The predicted octanol–water partition coefficient (Wildman–Crippen LogP) is 2.88. The Morgan fingerprint density at radius 1 is 1.28 bits per heavy atom. The Bertz CT molecular complexity index is 659. The first-order valence-corrected chi connectivity index (χ1v) is 5.14. The average Bonchev–Trinajstić information content (AvgIpc) is 2.39. The van der Waals surface area contributed by atoms with Crippen LogP contribution in [0.3, 0.4) is 0 Å². The summed E-state index contributed by atoms with van der Waals surface area (Å²) < 4.78 is 13.9. The van der Waals surface area contributed by atoms with Crippen LogP contribution < -0.4 is 0 Å². The van der Waals surface area contributed by atoms with E-state index in [0.717, 1.165) is 0 Å². The molecule has 2 aromatic rings. The quantitative estimate of drug-likeness (QED) is 0.822. The van der Waals surface area contributed by atoms with E-state index in [1.807, 2.05) is 0 Å². The van der Waals surface area contributed by atoms with E-state index in [1.54, 1.807) is 12.1 Å². The molecule has 4 heteroatoms. The lowest BCUT2D eigenvalue weighted by Gasteiger charge is -2.06. The minimum atomic E-state index is -0.641. The van der Waals surface area contributed by atoms with Crippen LogP contribution in [-0.4, -0.2) is 11.4 Å². The SMILES string of the molecule is N#Cc1cccc(-c2ccc(C=O)c(O)c2)c1F. The van der Waals surface area contributed by atoms with E-state index < -0.39 is 5.82 Å². The van der Waals surface area contributed by atoms with Gasteiger partial charge in [-0.15, -0.1) is 0 Å². The predicted molar refractivity (Wildman–Crippen MR) is 63.6 cm³/mol. The van der Waals surface area contributed by atoms with Crippen molar-refractivity contribution in [1.82, 2.24) is 0 Å². The van der Waals surface area contributed by atoms with Gasteiger partial charge in [0.05, 0.1) is 11.1 Å². The Labute approximate surface area is 103 Å². The minimum absolute atomic E-state index is 0.0635. The third kappa shape index (κ3) is 1.94. The fourth-order valence-corrected chi connectivity index (χ4v) is 1.65. The van der Waals surface area contributed by atoms with Crippen LogP contribution in [0.5, 0.6) is 5.75 Å². The zero-order chi connectivity index (χ0) is 13.1. The highest BCUT2D eigenvalue weighted by molar-refractivity contribution is 5.81. The molecule has 0 fully saturated rings. The van der Waals surface area contributed by atoms with Crippen molar-refractivity contribution >= 4 is 6.29 Å². The number of nitriles is 1. The van der Waals surface area contributed by atoms with E-state index in [4.69, 9.17) is 5.26 Å². The van der Waals surface area contributed by atoms with E-state index in [0.29, 0.717) is 11.8 Å². The molecule has 0 aromatic heterocycles. The Morgan fingerprint density at radius 2 is 2.06 bits per heavy atom. The maximum Gasteiger partial charge on any atom is 0.153 e. The summed E-state index contributed by atoms with van der Waals surface area (Å²) in [5.74, 6) is -0.859. The normalized spacial score (nSPS) is 9.78. The molecular weight excluding hydrogens is 233 g/mol. The fourth-order valence-electron chi connectivity index (χ4n) is 1.65. The minimum Gasteiger partial charge on any atom is -0.507 e. The molecule has 0 saturated carbocycles.